The molecule has 3 unspecified atom stereocenters. The van der Waals surface area contributed by atoms with Crippen LogP contribution in [-0.4, -0.2) is 23.0 Å². The van der Waals surface area contributed by atoms with Crippen LogP contribution in [0.4, 0.5) is 0 Å². The highest BCUT2D eigenvalue weighted by atomic mass is 16.3. The van der Waals surface area contributed by atoms with Crippen molar-refractivity contribution in [3.63, 3.8) is 0 Å². The first-order chi connectivity index (χ1) is 12.7. The molecule has 0 aliphatic heterocycles. The average Bonchev–Trinajstić information content (AvgIpc) is 2.98. The minimum atomic E-state index is -0.806. The highest BCUT2D eigenvalue weighted by Gasteiger charge is 2.61. The van der Waals surface area contributed by atoms with Gasteiger partial charge in [0.1, 0.15) is 5.78 Å². The molecule has 0 saturated heterocycles. The van der Waals surface area contributed by atoms with Gasteiger partial charge in [-0.2, -0.15) is 0 Å². The lowest BCUT2D eigenvalue weighted by atomic mass is 9.44. The first-order valence-corrected chi connectivity index (χ1v) is 11.0. The largest absolute Gasteiger partial charge is 0.390 e. The molecule has 150 valence electrons. The second-order valence-electron chi connectivity index (χ2n) is 10.8. The molecule has 0 heterocycles. The van der Waals surface area contributed by atoms with Crippen molar-refractivity contribution in [2.45, 2.75) is 84.2 Å². The van der Waals surface area contributed by atoms with E-state index in [2.05, 4.69) is 23.9 Å². The summed E-state index contributed by atoms with van der Waals surface area (Å²) in [6.45, 7) is 6.89. The number of Topliss-reactive ketones (excluding diaryl/α,β-unsaturated/α-hetero) is 1. The first kappa shape index (κ1) is 19.3. The van der Waals surface area contributed by atoms with Gasteiger partial charge in [0.15, 0.2) is 0 Å². The first-order valence-electron chi connectivity index (χ1n) is 11.0. The Labute approximate surface area is 162 Å². The quantitative estimate of drug-likeness (QED) is 0.415. The summed E-state index contributed by atoms with van der Waals surface area (Å²) in [5.41, 5.74) is 8.35. The highest BCUT2D eigenvalue weighted by molar-refractivity contribution is 5.79. The van der Waals surface area contributed by atoms with E-state index in [1.807, 2.05) is 0 Å². The number of nitrogens with zero attached hydrogens (tertiary/aromatic N) is 3. The zero-order chi connectivity index (χ0) is 19.4. The number of azide groups is 1. The van der Waals surface area contributed by atoms with Gasteiger partial charge in [0.05, 0.1) is 12.1 Å². The van der Waals surface area contributed by atoms with Crippen molar-refractivity contribution in [3.05, 3.63) is 10.4 Å². The maximum Gasteiger partial charge on any atom is 0.133 e. The number of hydrogen-bond donors (Lipinski definition) is 1. The van der Waals surface area contributed by atoms with Crippen molar-refractivity contribution in [2.75, 3.05) is 6.54 Å². The van der Waals surface area contributed by atoms with Crippen molar-refractivity contribution in [1.82, 2.24) is 0 Å². The molecule has 0 aromatic heterocycles. The summed E-state index contributed by atoms with van der Waals surface area (Å²) in [5.74, 6) is 3.38. The van der Waals surface area contributed by atoms with Crippen LogP contribution in [-0.2, 0) is 4.79 Å². The van der Waals surface area contributed by atoms with Gasteiger partial charge in [-0.3, -0.25) is 4.79 Å². The number of ketones is 1. The molecule has 0 spiro atoms. The van der Waals surface area contributed by atoms with Crippen LogP contribution in [0.5, 0.6) is 0 Å². The van der Waals surface area contributed by atoms with Crippen LogP contribution in [0.3, 0.4) is 0 Å². The molecule has 0 amide bonds. The van der Waals surface area contributed by atoms with Crippen LogP contribution in [0.2, 0.25) is 0 Å². The summed E-state index contributed by atoms with van der Waals surface area (Å²) in [4.78, 5) is 15.1. The Bertz CT molecular complexity index is 674. The van der Waals surface area contributed by atoms with E-state index in [0.29, 0.717) is 23.0 Å². The van der Waals surface area contributed by atoms with Gasteiger partial charge in [-0.25, -0.2) is 0 Å². The van der Waals surface area contributed by atoms with E-state index >= 15 is 0 Å². The van der Waals surface area contributed by atoms with Crippen LogP contribution < -0.4 is 0 Å². The third-order valence-corrected chi connectivity index (χ3v) is 9.74. The Morgan fingerprint density at radius 2 is 1.81 bits per heavy atom. The third kappa shape index (κ3) is 2.84. The normalized spacial score (nSPS) is 51.5. The van der Waals surface area contributed by atoms with E-state index in [-0.39, 0.29) is 17.9 Å². The summed E-state index contributed by atoms with van der Waals surface area (Å²) in [6.07, 6.45) is 9.73. The summed E-state index contributed by atoms with van der Waals surface area (Å²) in [6, 6.07) is 0. The molecule has 0 aromatic rings. The third-order valence-electron chi connectivity index (χ3n) is 9.74. The zero-order valence-corrected chi connectivity index (χ0v) is 17.2. The summed E-state index contributed by atoms with van der Waals surface area (Å²) < 4.78 is 0. The Balaban J connectivity index is 1.56. The minimum absolute atomic E-state index is 0.213. The predicted molar refractivity (Wildman–Crippen MR) is 105 cm³/mol. The molecule has 0 bridgehead atoms. The van der Waals surface area contributed by atoms with Gasteiger partial charge in [0, 0.05) is 10.8 Å². The van der Waals surface area contributed by atoms with Crippen LogP contribution >= 0.6 is 0 Å². The molecular formula is C22H35N3O2. The minimum Gasteiger partial charge on any atom is -0.390 e. The second kappa shape index (κ2) is 6.49. The number of carbonyl (C=O) groups excluding carboxylic acids is 1. The number of rotatable bonds is 3. The van der Waals surface area contributed by atoms with Crippen molar-refractivity contribution in [3.8, 4) is 0 Å². The van der Waals surface area contributed by atoms with Gasteiger partial charge in [-0.1, -0.05) is 19.0 Å². The van der Waals surface area contributed by atoms with E-state index < -0.39 is 5.60 Å². The molecular weight excluding hydrogens is 338 g/mol. The SMILES string of the molecule is CC(=O)[C@H]1CCC2C3CC[C@H]4C[C@@](O)(CN=[N+]=[N-])CC[C@]4(C)C3CC[C@@]21C. The number of aliphatic hydroxyl groups is 1. The fourth-order valence-corrected chi connectivity index (χ4v) is 8.30. The molecule has 4 fully saturated rings. The lowest BCUT2D eigenvalue weighted by molar-refractivity contribution is -0.151. The van der Waals surface area contributed by atoms with Gasteiger partial charge in [-0.15, -0.1) is 0 Å². The maximum absolute atomic E-state index is 12.3. The van der Waals surface area contributed by atoms with Crippen LogP contribution in [0.15, 0.2) is 5.11 Å². The van der Waals surface area contributed by atoms with E-state index in [4.69, 9.17) is 5.53 Å². The van der Waals surface area contributed by atoms with Crippen molar-refractivity contribution < 1.29 is 9.90 Å². The molecule has 4 saturated carbocycles. The van der Waals surface area contributed by atoms with Crippen LogP contribution in [0.1, 0.15) is 78.6 Å². The van der Waals surface area contributed by atoms with Gasteiger partial charge < -0.3 is 5.11 Å². The van der Waals surface area contributed by atoms with E-state index in [9.17, 15) is 9.90 Å². The standard InChI is InChI=1S/C22H35N3O2/c1-14(26)17-6-7-18-16-5-4-15-12-22(27,13-24-25-23)11-10-20(15,2)19(16)8-9-21(17,18)3/h15-19,27H,4-13H2,1-3H3/t15-,16?,17+,18?,19?,20-,21+,22+/m0/s1. The zero-order valence-electron chi connectivity index (χ0n) is 17.2. The fourth-order valence-electron chi connectivity index (χ4n) is 8.30. The van der Waals surface area contributed by atoms with Crippen LogP contribution in [0, 0.1) is 40.4 Å². The average molecular weight is 374 g/mol. The molecule has 27 heavy (non-hydrogen) atoms. The number of carbonyl (C=O) groups is 1. The molecule has 5 nitrogen and oxygen atoms in total. The van der Waals surface area contributed by atoms with E-state index in [1.165, 1.54) is 32.1 Å². The summed E-state index contributed by atoms with van der Waals surface area (Å²) >= 11 is 0. The summed E-state index contributed by atoms with van der Waals surface area (Å²) in [7, 11) is 0. The fraction of sp³-hybridized carbons (Fsp3) is 0.955. The Morgan fingerprint density at radius 3 is 2.52 bits per heavy atom. The van der Waals surface area contributed by atoms with E-state index in [0.717, 1.165) is 37.5 Å². The second-order valence-corrected chi connectivity index (χ2v) is 10.8. The monoisotopic (exact) mass is 373 g/mol. The van der Waals surface area contributed by atoms with Crippen LogP contribution in [0.25, 0.3) is 10.4 Å². The molecule has 5 heteroatoms. The topological polar surface area (TPSA) is 86.1 Å². The van der Waals surface area contributed by atoms with Crippen molar-refractivity contribution in [1.29, 1.82) is 0 Å². The van der Waals surface area contributed by atoms with Crippen molar-refractivity contribution in [2.24, 2.45) is 45.5 Å². The molecule has 8 atom stereocenters. The maximum atomic E-state index is 12.3. The number of hydrogen-bond acceptors (Lipinski definition) is 3. The lowest BCUT2D eigenvalue weighted by Gasteiger charge is -2.62. The van der Waals surface area contributed by atoms with Gasteiger partial charge in [0.25, 0.3) is 0 Å². The molecule has 4 aliphatic rings. The molecule has 0 aromatic carbocycles. The van der Waals surface area contributed by atoms with Gasteiger partial charge >= 0.3 is 0 Å². The van der Waals surface area contributed by atoms with E-state index in [1.54, 1.807) is 6.92 Å². The molecule has 1 N–H and O–H groups in total. The number of fused-ring (bicyclic) bond motifs is 5. The Kier molecular flexibility index (Phi) is 4.63. The van der Waals surface area contributed by atoms with Gasteiger partial charge in [-0.05, 0) is 105 Å². The molecule has 4 aliphatic carbocycles. The predicted octanol–water partition coefficient (Wildman–Crippen LogP) is 5.28. The summed E-state index contributed by atoms with van der Waals surface area (Å²) in [5, 5.41) is 14.6. The highest BCUT2D eigenvalue weighted by Crippen LogP contribution is 2.68. The van der Waals surface area contributed by atoms with Gasteiger partial charge in [0.2, 0.25) is 0 Å². The Hall–Kier alpha value is -1.06. The molecule has 0 radical (unpaired) electrons. The van der Waals surface area contributed by atoms with Crippen molar-refractivity contribution >= 4 is 5.78 Å². The smallest absolute Gasteiger partial charge is 0.133 e. The molecule has 4 rings (SSSR count). The lowest BCUT2D eigenvalue weighted by Crippen LogP contribution is -2.56. The Morgan fingerprint density at radius 1 is 1.07 bits per heavy atom.